The maximum absolute atomic E-state index is 8.87. The first-order chi connectivity index (χ1) is 7.24. The number of rotatable bonds is 3. The maximum Gasteiger partial charge on any atom is 0.155 e. The number of nitrogens with one attached hydrogen (secondary N) is 1. The van der Waals surface area contributed by atoms with Crippen molar-refractivity contribution in [3.05, 3.63) is 29.4 Å². The van der Waals surface area contributed by atoms with E-state index in [-0.39, 0.29) is 6.61 Å². The Bertz CT molecular complexity index is 447. The Morgan fingerprint density at radius 1 is 1.60 bits per heavy atom. The molecule has 0 saturated heterocycles. The SMILES string of the molecule is Cn1c(CCO)nc(Cl)c1-c1cc[nH]c1. The maximum atomic E-state index is 8.87. The number of halogens is 1. The number of aromatic nitrogens is 3. The number of hydrogen-bond donors (Lipinski definition) is 2. The number of aliphatic hydroxyl groups is 1. The van der Waals surface area contributed by atoms with Crippen LogP contribution in [0.3, 0.4) is 0 Å². The zero-order valence-corrected chi connectivity index (χ0v) is 9.12. The molecule has 0 bridgehead atoms. The van der Waals surface area contributed by atoms with Gasteiger partial charge < -0.3 is 14.7 Å². The van der Waals surface area contributed by atoms with Gasteiger partial charge in [-0.15, -0.1) is 0 Å². The highest BCUT2D eigenvalue weighted by Gasteiger charge is 2.14. The van der Waals surface area contributed by atoms with Gasteiger partial charge in [0, 0.05) is 31.4 Å². The van der Waals surface area contributed by atoms with Gasteiger partial charge in [-0.1, -0.05) is 11.6 Å². The molecule has 2 N–H and O–H groups in total. The predicted molar refractivity (Wildman–Crippen MR) is 58.8 cm³/mol. The molecule has 15 heavy (non-hydrogen) atoms. The fourth-order valence-corrected chi connectivity index (χ4v) is 1.95. The van der Waals surface area contributed by atoms with Crippen LogP contribution in [-0.2, 0) is 13.5 Å². The molecule has 0 amide bonds. The van der Waals surface area contributed by atoms with Crippen LogP contribution < -0.4 is 0 Å². The molecule has 0 aliphatic rings. The zero-order chi connectivity index (χ0) is 10.8. The summed E-state index contributed by atoms with van der Waals surface area (Å²) < 4.78 is 1.90. The van der Waals surface area contributed by atoms with E-state index >= 15 is 0 Å². The molecular weight excluding hydrogens is 214 g/mol. The summed E-state index contributed by atoms with van der Waals surface area (Å²) in [7, 11) is 1.90. The summed E-state index contributed by atoms with van der Waals surface area (Å²) in [4.78, 5) is 7.19. The molecule has 0 radical (unpaired) electrons. The predicted octanol–water partition coefficient (Wildman–Crippen LogP) is 1.60. The van der Waals surface area contributed by atoms with Crippen LogP contribution in [0.25, 0.3) is 11.3 Å². The Kier molecular flexibility index (Phi) is 2.79. The summed E-state index contributed by atoms with van der Waals surface area (Å²) in [6, 6.07) is 1.94. The van der Waals surface area contributed by atoms with Crippen molar-refractivity contribution < 1.29 is 5.11 Å². The van der Waals surface area contributed by atoms with Crippen molar-refractivity contribution in [3.8, 4) is 11.3 Å². The molecule has 0 aliphatic heterocycles. The second-order valence-electron chi connectivity index (χ2n) is 3.30. The second kappa shape index (κ2) is 4.08. The van der Waals surface area contributed by atoms with Gasteiger partial charge in [-0.05, 0) is 6.07 Å². The summed E-state index contributed by atoms with van der Waals surface area (Å²) in [5.74, 6) is 0.790. The van der Waals surface area contributed by atoms with Crippen LogP contribution in [0.2, 0.25) is 5.15 Å². The summed E-state index contributed by atoms with van der Waals surface area (Å²) in [6.45, 7) is 0.0771. The normalized spacial score (nSPS) is 10.9. The topological polar surface area (TPSA) is 53.8 Å². The van der Waals surface area contributed by atoms with Crippen LogP contribution in [0.4, 0.5) is 0 Å². The van der Waals surface area contributed by atoms with E-state index in [0.717, 1.165) is 17.1 Å². The minimum atomic E-state index is 0.0771. The van der Waals surface area contributed by atoms with Gasteiger partial charge in [-0.25, -0.2) is 4.98 Å². The van der Waals surface area contributed by atoms with Crippen molar-refractivity contribution >= 4 is 11.6 Å². The molecule has 4 nitrogen and oxygen atoms in total. The Morgan fingerprint density at radius 3 is 3.00 bits per heavy atom. The van der Waals surface area contributed by atoms with Crippen LogP contribution in [-0.4, -0.2) is 26.2 Å². The molecule has 0 aliphatic carbocycles. The largest absolute Gasteiger partial charge is 0.396 e. The third-order valence-corrected chi connectivity index (χ3v) is 2.62. The molecule has 0 unspecified atom stereocenters. The Balaban J connectivity index is 2.48. The average molecular weight is 226 g/mol. The fraction of sp³-hybridized carbons (Fsp3) is 0.300. The van der Waals surface area contributed by atoms with E-state index in [4.69, 9.17) is 16.7 Å². The van der Waals surface area contributed by atoms with Gasteiger partial charge in [0.1, 0.15) is 5.82 Å². The van der Waals surface area contributed by atoms with Crippen molar-refractivity contribution in [2.45, 2.75) is 6.42 Å². The minimum Gasteiger partial charge on any atom is -0.396 e. The molecule has 0 spiro atoms. The third kappa shape index (κ3) is 1.78. The molecule has 2 rings (SSSR count). The van der Waals surface area contributed by atoms with Crippen LogP contribution in [0.15, 0.2) is 18.5 Å². The fourth-order valence-electron chi connectivity index (χ4n) is 1.62. The molecule has 0 fully saturated rings. The van der Waals surface area contributed by atoms with Gasteiger partial charge in [0.15, 0.2) is 5.15 Å². The molecule has 5 heteroatoms. The number of aliphatic hydroxyl groups excluding tert-OH is 1. The van der Waals surface area contributed by atoms with Gasteiger partial charge in [-0.3, -0.25) is 0 Å². The smallest absolute Gasteiger partial charge is 0.155 e. The average Bonchev–Trinajstić information content (AvgIpc) is 2.77. The standard InChI is InChI=1S/C10H12ClN3O/c1-14-8(3-5-15)13-10(11)9(14)7-2-4-12-6-7/h2,4,6,12,15H,3,5H2,1H3. The number of nitrogens with zero attached hydrogens (tertiary/aromatic N) is 2. The Hall–Kier alpha value is -1.26. The number of hydrogen-bond acceptors (Lipinski definition) is 2. The van der Waals surface area contributed by atoms with E-state index in [0.29, 0.717) is 11.6 Å². The quantitative estimate of drug-likeness (QED) is 0.834. The Labute approximate surface area is 92.5 Å². The highest BCUT2D eigenvalue weighted by molar-refractivity contribution is 6.32. The van der Waals surface area contributed by atoms with Crippen LogP contribution >= 0.6 is 11.6 Å². The molecule has 80 valence electrons. The lowest BCUT2D eigenvalue weighted by atomic mass is 10.2. The molecule has 0 aromatic carbocycles. The monoisotopic (exact) mass is 225 g/mol. The molecule has 2 aromatic heterocycles. The summed E-state index contributed by atoms with van der Waals surface area (Å²) in [6.07, 6.45) is 4.22. The lowest BCUT2D eigenvalue weighted by Gasteiger charge is -2.02. The van der Waals surface area contributed by atoms with Gasteiger partial charge in [0.2, 0.25) is 0 Å². The molecule has 2 heterocycles. The van der Waals surface area contributed by atoms with Gasteiger partial charge in [-0.2, -0.15) is 0 Å². The molecule has 0 saturated carbocycles. The number of H-pyrrole nitrogens is 1. The van der Waals surface area contributed by atoms with E-state index in [9.17, 15) is 0 Å². The van der Waals surface area contributed by atoms with E-state index in [1.807, 2.05) is 30.1 Å². The van der Waals surface area contributed by atoms with E-state index in [1.54, 1.807) is 0 Å². The van der Waals surface area contributed by atoms with Crippen molar-refractivity contribution in [2.24, 2.45) is 7.05 Å². The molecular formula is C10H12ClN3O. The summed E-state index contributed by atoms with van der Waals surface area (Å²) >= 11 is 6.05. The number of aromatic amines is 1. The van der Waals surface area contributed by atoms with Crippen LogP contribution in [0.5, 0.6) is 0 Å². The van der Waals surface area contributed by atoms with Crippen LogP contribution in [0, 0.1) is 0 Å². The minimum absolute atomic E-state index is 0.0771. The van der Waals surface area contributed by atoms with E-state index in [1.165, 1.54) is 0 Å². The van der Waals surface area contributed by atoms with Gasteiger partial charge >= 0.3 is 0 Å². The van der Waals surface area contributed by atoms with E-state index in [2.05, 4.69) is 9.97 Å². The van der Waals surface area contributed by atoms with Gasteiger partial charge in [0.25, 0.3) is 0 Å². The molecule has 0 atom stereocenters. The van der Waals surface area contributed by atoms with Crippen LogP contribution in [0.1, 0.15) is 5.82 Å². The van der Waals surface area contributed by atoms with Crippen molar-refractivity contribution in [3.63, 3.8) is 0 Å². The highest BCUT2D eigenvalue weighted by Crippen LogP contribution is 2.27. The van der Waals surface area contributed by atoms with Crippen molar-refractivity contribution in [1.82, 2.24) is 14.5 Å². The Morgan fingerprint density at radius 2 is 2.40 bits per heavy atom. The summed E-state index contributed by atoms with van der Waals surface area (Å²) in [5, 5.41) is 9.34. The number of imidazole rings is 1. The van der Waals surface area contributed by atoms with E-state index < -0.39 is 0 Å². The highest BCUT2D eigenvalue weighted by atomic mass is 35.5. The molecule has 2 aromatic rings. The summed E-state index contributed by atoms with van der Waals surface area (Å²) in [5.41, 5.74) is 1.88. The first-order valence-electron chi connectivity index (χ1n) is 4.69. The first kappa shape index (κ1) is 10.3. The first-order valence-corrected chi connectivity index (χ1v) is 5.07. The van der Waals surface area contributed by atoms with Crippen molar-refractivity contribution in [1.29, 1.82) is 0 Å². The van der Waals surface area contributed by atoms with Gasteiger partial charge in [0.05, 0.1) is 12.3 Å². The third-order valence-electron chi connectivity index (χ3n) is 2.35. The lowest BCUT2D eigenvalue weighted by molar-refractivity contribution is 0.295. The zero-order valence-electron chi connectivity index (χ0n) is 8.37. The second-order valence-corrected chi connectivity index (χ2v) is 3.66. The lowest BCUT2D eigenvalue weighted by Crippen LogP contribution is -2.01. The van der Waals surface area contributed by atoms with Crippen molar-refractivity contribution in [2.75, 3.05) is 6.61 Å².